The third-order valence-corrected chi connectivity index (χ3v) is 6.00. The van der Waals surface area contributed by atoms with E-state index in [0.29, 0.717) is 18.2 Å². The van der Waals surface area contributed by atoms with Gasteiger partial charge in [0.25, 0.3) is 0 Å². The van der Waals surface area contributed by atoms with Gasteiger partial charge in [-0.05, 0) is 13.3 Å². The van der Waals surface area contributed by atoms with E-state index in [-0.39, 0.29) is 11.3 Å². The molecule has 0 aliphatic carbocycles. The number of fused-ring (bicyclic) bond motifs is 1. The Hall–Kier alpha value is -0.920. The van der Waals surface area contributed by atoms with Crippen molar-refractivity contribution in [3.05, 3.63) is 17.7 Å². The van der Waals surface area contributed by atoms with Gasteiger partial charge in [0.2, 0.25) is 0 Å². The zero-order chi connectivity index (χ0) is 13.5. The summed E-state index contributed by atoms with van der Waals surface area (Å²) in [4.78, 5) is 7.43. The number of H-pyrrole nitrogens is 1. The predicted octanol–water partition coefficient (Wildman–Crippen LogP) is -0.409. The minimum absolute atomic E-state index is 0.250. The summed E-state index contributed by atoms with van der Waals surface area (Å²) >= 11 is 0. The van der Waals surface area contributed by atoms with E-state index >= 15 is 0 Å². The lowest BCUT2D eigenvalue weighted by Crippen LogP contribution is -2.51. The van der Waals surface area contributed by atoms with Gasteiger partial charge in [0.05, 0.1) is 29.2 Å². The van der Waals surface area contributed by atoms with E-state index in [9.17, 15) is 8.42 Å². The Labute approximate surface area is 113 Å². The number of aromatic amines is 1. The summed E-state index contributed by atoms with van der Waals surface area (Å²) in [5.41, 5.74) is 2.01. The summed E-state index contributed by atoms with van der Waals surface area (Å²) in [5, 5.41) is 6.87. The topological polar surface area (TPSA) is 86.9 Å². The lowest BCUT2D eigenvalue weighted by atomic mass is 10.00. The van der Waals surface area contributed by atoms with E-state index in [1.54, 1.807) is 6.33 Å². The van der Waals surface area contributed by atoms with Gasteiger partial charge < -0.3 is 15.6 Å². The summed E-state index contributed by atoms with van der Waals surface area (Å²) in [5.74, 6) is 0.554. The number of sulfone groups is 1. The predicted molar refractivity (Wildman–Crippen MR) is 72.6 cm³/mol. The molecule has 3 heterocycles. The van der Waals surface area contributed by atoms with Crippen LogP contribution in [-0.4, -0.2) is 48.0 Å². The molecule has 0 bridgehead atoms. The highest BCUT2D eigenvalue weighted by atomic mass is 32.2. The summed E-state index contributed by atoms with van der Waals surface area (Å²) in [7, 11) is -2.85. The lowest BCUT2D eigenvalue weighted by Gasteiger charge is -2.29. The highest BCUT2D eigenvalue weighted by Crippen LogP contribution is 2.23. The van der Waals surface area contributed by atoms with Crippen LogP contribution in [0.15, 0.2) is 6.33 Å². The van der Waals surface area contributed by atoms with Gasteiger partial charge in [-0.25, -0.2) is 13.4 Å². The number of rotatable bonds is 3. The fourth-order valence-corrected chi connectivity index (χ4v) is 5.02. The van der Waals surface area contributed by atoms with Gasteiger partial charge in [0.15, 0.2) is 9.84 Å². The molecule has 0 saturated carbocycles. The lowest BCUT2D eigenvalue weighted by molar-refractivity contribution is 0.349. The summed E-state index contributed by atoms with van der Waals surface area (Å²) in [6.07, 6.45) is 3.32. The molecule has 3 rings (SSSR count). The molecule has 2 unspecified atom stereocenters. The number of nitrogens with one attached hydrogen (secondary N) is 3. The van der Waals surface area contributed by atoms with Crippen molar-refractivity contribution in [2.75, 3.05) is 18.1 Å². The molecule has 19 heavy (non-hydrogen) atoms. The number of aromatic nitrogens is 2. The molecule has 0 spiro atoms. The third kappa shape index (κ3) is 2.82. The Balaban J connectivity index is 1.57. The molecule has 0 aromatic carbocycles. The quantitative estimate of drug-likeness (QED) is 0.702. The van der Waals surface area contributed by atoms with Gasteiger partial charge in [-0.2, -0.15) is 0 Å². The van der Waals surface area contributed by atoms with Crippen molar-refractivity contribution in [1.29, 1.82) is 0 Å². The molecule has 2 atom stereocenters. The Morgan fingerprint density at radius 2 is 2.42 bits per heavy atom. The van der Waals surface area contributed by atoms with Crippen LogP contribution in [0.5, 0.6) is 0 Å². The monoisotopic (exact) mass is 284 g/mol. The first-order valence-corrected chi connectivity index (χ1v) is 8.48. The molecular weight excluding hydrogens is 264 g/mol. The van der Waals surface area contributed by atoms with Crippen LogP contribution in [-0.2, 0) is 22.8 Å². The van der Waals surface area contributed by atoms with Crippen LogP contribution in [0.4, 0.5) is 0 Å². The molecule has 3 N–H and O–H groups in total. The SMILES string of the molecule is CC1(NCC2Cc3nc[nH]c3CN2)CCS(=O)(=O)C1. The van der Waals surface area contributed by atoms with Crippen LogP contribution in [0.25, 0.3) is 0 Å². The Kier molecular flexibility index (Phi) is 3.15. The second-order valence-electron chi connectivity index (χ2n) is 5.89. The van der Waals surface area contributed by atoms with Gasteiger partial charge >= 0.3 is 0 Å². The first-order valence-electron chi connectivity index (χ1n) is 6.66. The van der Waals surface area contributed by atoms with Crippen molar-refractivity contribution >= 4 is 9.84 Å². The molecule has 1 fully saturated rings. The van der Waals surface area contributed by atoms with Crippen LogP contribution in [0, 0.1) is 0 Å². The van der Waals surface area contributed by atoms with E-state index in [1.165, 1.54) is 0 Å². The van der Waals surface area contributed by atoms with Gasteiger partial charge in [-0.1, -0.05) is 0 Å². The number of hydrogen-bond acceptors (Lipinski definition) is 5. The van der Waals surface area contributed by atoms with Crippen molar-refractivity contribution in [3.8, 4) is 0 Å². The molecule has 1 aromatic rings. The van der Waals surface area contributed by atoms with Gasteiger partial charge in [0, 0.05) is 31.1 Å². The van der Waals surface area contributed by atoms with Crippen molar-refractivity contribution in [3.63, 3.8) is 0 Å². The Bertz CT molecular complexity index is 568. The van der Waals surface area contributed by atoms with Crippen molar-refractivity contribution in [2.45, 2.75) is 37.9 Å². The van der Waals surface area contributed by atoms with Crippen LogP contribution >= 0.6 is 0 Å². The molecule has 2 aliphatic rings. The fraction of sp³-hybridized carbons (Fsp3) is 0.750. The van der Waals surface area contributed by atoms with Gasteiger partial charge in [0.1, 0.15) is 0 Å². The molecule has 7 heteroatoms. The highest BCUT2D eigenvalue weighted by molar-refractivity contribution is 7.91. The van der Waals surface area contributed by atoms with Crippen molar-refractivity contribution < 1.29 is 8.42 Å². The average molecular weight is 284 g/mol. The zero-order valence-corrected chi connectivity index (χ0v) is 11.9. The molecule has 0 radical (unpaired) electrons. The summed E-state index contributed by atoms with van der Waals surface area (Å²) < 4.78 is 23.1. The maximum absolute atomic E-state index is 11.6. The second-order valence-corrected chi connectivity index (χ2v) is 8.08. The minimum Gasteiger partial charge on any atom is -0.347 e. The Morgan fingerprint density at radius 3 is 3.16 bits per heavy atom. The molecule has 106 valence electrons. The van der Waals surface area contributed by atoms with E-state index in [1.807, 2.05) is 6.92 Å². The molecular formula is C12H20N4O2S. The maximum Gasteiger partial charge on any atom is 0.152 e. The standard InChI is InChI=1S/C12H20N4O2S/c1-12(2-3-19(17,18)7-12)16-5-9-4-10-11(6-13-9)15-8-14-10/h8-9,13,16H,2-7H2,1H3,(H,14,15). The molecule has 1 aromatic heterocycles. The molecule has 1 saturated heterocycles. The summed E-state index contributed by atoms with van der Waals surface area (Å²) in [6, 6.07) is 0.316. The van der Waals surface area contributed by atoms with E-state index in [0.717, 1.165) is 30.9 Å². The smallest absolute Gasteiger partial charge is 0.152 e. The molecule has 0 amide bonds. The summed E-state index contributed by atoms with van der Waals surface area (Å²) in [6.45, 7) is 3.58. The zero-order valence-electron chi connectivity index (χ0n) is 11.1. The number of imidazole rings is 1. The van der Waals surface area contributed by atoms with E-state index < -0.39 is 9.84 Å². The van der Waals surface area contributed by atoms with Crippen LogP contribution in [0.1, 0.15) is 24.7 Å². The fourth-order valence-electron chi connectivity index (χ4n) is 2.89. The second kappa shape index (κ2) is 4.57. The van der Waals surface area contributed by atoms with Crippen molar-refractivity contribution in [2.24, 2.45) is 0 Å². The first-order chi connectivity index (χ1) is 8.96. The molecule has 6 nitrogen and oxygen atoms in total. The highest BCUT2D eigenvalue weighted by Gasteiger charge is 2.38. The first kappa shape index (κ1) is 13.1. The van der Waals surface area contributed by atoms with Crippen LogP contribution in [0.3, 0.4) is 0 Å². The normalized spacial score (nSPS) is 33.2. The average Bonchev–Trinajstić information content (AvgIpc) is 2.91. The third-order valence-electron chi connectivity index (χ3n) is 4.09. The number of nitrogens with zero attached hydrogens (tertiary/aromatic N) is 1. The van der Waals surface area contributed by atoms with Crippen LogP contribution < -0.4 is 10.6 Å². The van der Waals surface area contributed by atoms with E-state index in [4.69, 9.17) is 0 Å². The van der Waals surface area contributed by atoms with Gasteiger partial charge in [-0.15, -0.1) is 0 Å². The van der Waals surface area contributed by atoms with E-state index in [2.05, 4.69) is 20.6 Å². The van der Waals surface area contributed by atoms with Crippen molar-refractivity contribution in [1.82, 2.24) is 20.6 Å². The Morgan fingerprint density at radius 1 is 1.58 bits per heavy atom. The maximum atomic E-state index is 11.6. The largest absolute Gasteiger partial charge is 0.347 e. The minimum atomic E-state index is -2.85. The molecule has 2 aliphatic heterocycles. The van der Waals surface area contributed by atoms with Crippen LogP contribution in [0.2, 0.25) is 0 Å². The number of hydrogen-bond donors (Lipinski definition) is 3. The van der Waals surface area contributed by atoms with Gasteiger partial charge in [-0.3, -0.25) is 0 Å².